The molecule has 0 aliphatic rings. The highest BCUT2D eigenvalue weighted by atomic mass is 19.4. The SMILES string of the molecule is O=c1[nH]c2c(=O)n(Cc3cccc(OC(F)(F)F)c3)ccc2o1. The fourth-order valence-electron chi connectivity index (χ4n) is 2.15. The van der Waals surface area contributed by atoms with Crippen molar-refractivity contribution in [1.82, 2.24) is 9.55 Å². The van der Waals surface area contributed by atoms with Gasteiger partial charge in [-0.3, -0.25) is 9.78 Å². The van der Waals surface area contributed by atoms with Gasteiger partial charge in [-0.25, -0.2) is 4.79 Å². The van der Waals surface area contributed by atoms with Gasteiger partial charge in [-0.15, -0.1) is 13.2 Å². The van der Waals surface area contributed by atoms with E-state index in [2.05, 4.69) is 9.72 Å². The lowest BCUT2D eigenvalue weighted by molar-refractivity contribution is -0.274. The van der Waals surface area contributed by atoms with Crippen molar-refractivity contribution in [2.45, 2.75) is 12.9 Å². The first-order valence-corrected chi connectivity index (χ1v) is 6.39. The van der Waals surface area contributed by atoms with Gasteiger partial charge >= 0.3 is 12.1 Å². The van der Waals surface area contributed by atoms with Gasteiger partial charge in [0.2, 0.25) is 0 Å². The molecule has 23 heavy (non-hydrogen) atoms. The van der Waals surface area contributed by atoms with Crippen LogP contribution in [0.1, 0.15) is 5.56 Å². The monoisotopic (exact) mass is 326 g/mol. The molecule has 0 spiro atoms. The van der Waals surface area contributed by atoms with E-state index >= 15 is 0 Å². The van der Waals surface area contributed by atoms with Gasteiger partial charge in [-0.05, 0) is 23.8 Å². The van der Waals surface area contributed by atoms with Crippen LogP contribution < -0.4 is 16.1 Å². The van der Waals surface area contributed by atoms with Crippen LogP contribution in [0, 0.1) is 0 Å². The van der Waals surface area contributed by atoms with Crippen molar-refractivity contribution in [3.8, 4) is 5.75 Å². The highest BCUT2D eigenvalue weighted by molar-refractivity contribution is 5.70. The first-order valence-electron chi connectivity index (χ1n) is 6.39. The molecule has 0 radical (unpaired) electrons. The number of halogens is 3. The standard InChI is InChI=1S/C14H9F3N2O4/c15-14(16,17)23-9-3-1-2-8(6-9)7-19-5-4-10-11(12(19)20)18-13(21)22-10/h1-6H,7H2,(H,18,21). The Morgan fingerprint density at radius 3 is 2.74 bits per heavy atom. The van der Waals surface area contributed by atoms with Crippen molar-refractivity contribution in [2.75, 3.05) is 0 Å². The van der Waals surface area contributed by atoms with Gasteiger partial charge in [0.15, 0.2) is 11.1 Å². The quantitative estimate of drug-likeness (QED) is 0.801. The molecule has 0 aliphatic heterocycles. The normalized spacial score (nSPS) is 11.8. The van der Waals surface area contributed by atoms with E-state index < -0.39 is 17.7 Å². The summed E-state index contributed by atoms with van der Waals surface area (Å²) in [5.74, 6) is -1.13. The molecule has 2 aromatic heterocycles. The number of H-pyrrole nitrogens is 1. The van der Waals surface area contributed by atoms with E-state index in [9.17, 15) is 22.8 Å². The van der Waals surface area contributed by atoms with Crippen LogP contribution in [0.15, 0.2) is 50.5 Å². The van der Waals surface area contributed by atoms with Gasteiger partial charge in [0.25, 0.3) is 5.56 Å². The maximum Gasteiger partial charge on any atom is 0.573 e. The van der Waals surface area contributed by atoms with E-state index in [0.717, 1.165) is 6.07 Å². The number of aromatic amines is 1. The minimum absolute atomic E-state index is 0.000182. The lowest BCUT2D eigenvalue weighted by Crippen LogP contribution is -2.21. The van der Waals surface area contributed by atoms with Crippen LogP contribution in [-0.2, 0) is 6.54 Å². The molecule has 120 valence electrons. The lowest BCUT2D eigenvalue weighted by atomic mass is 10.2. The van der Waals surface area contributed by atoms with Gasteiger partial charge in [-0.2, -0.15) is 0 Å². The maximum absolute atomic E-state index is 12.2. The number of hydrogen-bond donors (Lipinski definition) is 1. The Balaban J connectivity index is 1.93. The fraction of sp³-hybridized carbons (Fsp3) is 0.143. The molecular formula is C14H9F3N2O4. The van der Waals surface area contributed by atoms with Crippen molar-refractivity contribution in [1.29, 1.82) is 0 Å². The van der Waals surface area contributed by atoms with Crippen LogP contribution in [-0.4, -0.2) is 15.9 Å². The summed E-state index contributed by atoms with van der Waals surface area (Å²) in [5.41, 5.74) is 0.0279. The predicted octanol–water partition coefficient (Wildman–Crippen LogP) is 2.23. The third-order valence-electron chi connectivity index (χ3n) is 3.04. The van der Waals surface area contributed by atoms with Gasteiger partial charge < -0.3 is 13.7 Å². The number of alkyl halides is 3. The lowest BCUT2D eigenvalue weighted by Gasteiger charge is -2.10. The molecule has 0 saturated heterocycles. The molecule has 0 fully saturated rings. The highest BCUT2D eigenvalue weighted by Gasteiger charge is 2.31. The molecule has 0 saturated carbocycles. The minimum atomic E-state index is -4.79. The largest absolute Gasteiger partial charge is 0.573 e. The average Bonchev–Trinajstić information content (AvgIpc) is 2.82. The summed E-state index contributed by atoms with van der Waals surface area (Å²) >= 11 is 0. The van der Waals surface area contributed by atoms with Crippen molar-refractivity contribution < 1.29 is 22.3 Å². The zero-order chi connectivity index (χ0) is 16.6. The van der Waals surface area contributed by atoms with E-state index in [0.29, 0.717) is 5.56 Å². The Hall–Kier alpha value is -2.97. The van der Waals surface area contributed by atoms with Crippen molar-refractivity contribution in [3.63, 3.8) is 0 Å². The second-order valence-corrected chi connectivity index (χ2v) is 4.70. The number of benzene rings is 1. The molecule has 3 rings (SSSR count). The number of rotatable bonds is 3. The van der Waals surface area contributed by atoms with E-state index in [1.54, 1.807) is 6.07 Å². The molecule has 1 aromatic carbocycles. The summed E-state index contributed by atoms with van der Waals surface area (Å²) in [7, 11) is 0. The van der Waals surface area contributed by atoms with Crippen LogP contribution in [0.3, 0.4) is 0 Å². The Bertz CT molecular complexity index is 968. The molecule has 9 heteroatoms. The van der Waals surface area contributed by atoms with E-state index in [4.69, 9.17) is 4.42 Å². The molecule has 6 nitrogen and oxygen atoms in total. The molecule has 0 aliphatic carbocycles. The number of nitrogens with zero attached hydrogens (tertiary/aromatic N) is 1. The number of nitrogens with one attached hydrogen (secondary N) is 1. The zero-order valence-corrected chi connectivity index (χ0v) is 11.4. The van der Waals surface area contributed by atoms with E-state index in [-0.39, 0.29) is 23.4 Å². The van der Waals surface area contributed by atoms with Gasteiger partial charge in [0.1, 0.15) is 5.75 Å². The predicted molar refractivity (Wildman–Crippen MR) is 73.3 cm³/mol. The fourth-order valence-corrected chi connectivity index (χ4v) is 2.15. The van der Waals surface area contributed by atoms with Crippen LogP contribution in [0.2, 0.25) is 0 Å². The summed E-state index contributed by atoms with van der Waals surface area (Å²) in [6.07, 6.45) is -3.40. The zero-order valence-electron chi connectivity index (χ0n) is 11.4. The first kappa shape index (κ1) is 14.9. The molecule has 0 bridgehead atoms. The summed E-state index contributed by atoms with van der Waals surface area (Å²) in [6, 6.07) is 6.71. The van der Waals surface area contributed by atoms with Crippen LogP contribution in [0.5, 0.6) is 5.75 Å². The number of aromatic nitrogens is 2. The number of pyridine rings is 1. The van der Waals surface area contributed by atoms with Crippen molar-refractivity contribution in [3.05, 3.63) is 63.0 Å². The summed E-state index contributed by atoms with van der Waals surface area (Å²) in [4.78, 5) is 25.5. The summed E-state index contributed by atoms with van der Waals surface area (Å²) < 4.78 is 46.5. The van der Waals surface area contributed by atoms with E-state index in [1.165, 1.54) is 29.0 Å². The molecular weight excluding hydrogens is 317 g/mol. The topological polar surface area (TPSA) is 77.2 Å². The Morgan fingerprint density at radius 1 is 1.22 bits per heavy atom. The third kappa shape index (κ3) is 3.28. The minimum Gasteiger partial charge on any atom is -0.408 e. The average molecular weight is 326 g/mol. The third-order valence-corrected chi connectivity index (χ3v) is 3.04. The molecule has 2 heterocycles. The molecule has 0 atom stereocenters. The highest BCUT2D eigenvalue weighted by Crippen LogP contribution is 2.23. The molecule has 3 aromatic rings. The second kappa shape index (κ2) is 5.34. The Kier molecular flexibility index (Phi) is 3.47. The van der Waals surface area contributed by atoms with Crippen molar-refractivity contribution in [2.24, 2.45) is 0 Å². The second-order valence-electron chi connectivity index (χ2n) is 4.70. The first-order chi connectivity index (χ1) is 10.8. The maximum atomic E-state index is 12.2. The van der Waals surface area contributed by atoms with Gasteiger partial charge in [0.05, 0.1) is 6.54 Å². The summed E-state index contributed by atoms with van der Waals surface area (Å²) in [6.45, 7) is 0.0110. The van der Waals surface area contributed by atoms with Crippen LogP contribution in [0.4, 0.5) is 13.2 Å². The number of ether oxygens (including phenoxy) is 1. The van der Waals surface area contributed by atoms with E-state index in [1.807, 2.05) is 0 Å². The Morgan fingerprint density at radius 2 is 2.00 bits per heavy atom. The van der Waals surface area contributed by atoms with Crippen LogP contribution >= 0.6 is 0 Å². The molecule has 0 amide bonds. The summed E-state index contributed by atoms with van der Waals surface area (Å²) in [5, 5.41) is 0. The van der Waals surface area contributed by atoms with Crippen molar-refractivity contribution >= 4 is 11.1 Å². The van der Waals surface area contributed by atoms with Gasteiger partial charge in [-0.1, -0.05) is 12.1 Å². The molecule has 1 N–H and O–H groups in total. The Labute approximate surface area is 125 Å². The van der Waals surface area contributed by atoms with Crippen LogP contribution in [0.25, 0.3) is 11.1 Å². The number of oxazole rings is 1. The number of fused-ring (bicyclic) bond motifs is 1. The number of hydrogen-bond acceptors (Lipinski definition) is 4. The van der Waals surface area contributed by atoms with Gasteiger partial charge in [0, 0.05) is 6.20 Å². The molecule has 0 unspecified atom stereocenters. The smallest absolute Gasteiger partial charge is 0.408 e.